The molecule has 132 valence electrons. The highest BCUT2D eigenvalue weighted by Gasteiger charge is 2.18. The number of benzene rings is 2. The number of anilines is 2. The second kappa shape index (κ2) is 8.26. The lowest BCUT2D eigenvalue weighted by atomic mass is 10.1. The van der Waals surface area contributed by atoms with Gasteiger partial charge < -0.3 is 5.32 Å². The average Bonchev–Trinajstić information content (AvgIpc) is 2.60. The van der Waals surface area contributed by atoms with Crippen LogP contribution in [0.2, 0.25) is 5.02 Å². The molecule has 3 rings (SSSR count). The molecule has 2 aromatic carbocycles. The molecule has 0 aromatic heterocycles. The normalized spacial score (nSPS) is 12.5. The van der Waals surface area contributed by atoms with Gasteiger partial charge in [0.2, 0.25) is 0 Å². The van der Waals surface area contributed by atoms with E-state index >= 15 is 0 Å². The summed E-state index contributed by atoms with van der Waals surface area (Å²) in [6, 6.07) is 11.8. The highest BCUT2D eigenvalue weighted by Crippen LogP contribution is 2.45. The van der Waals surface area contributed by atoms with Gasteiger partial charge in [-0.05, 0) is 56.3 Å². The summed E-state index contributed by atoms with van der Waals surface area (Å²) in [5, 5.41) is 4.11. The van der Waals surface area contributed by atoms with Crippen molar-refractivity contribution in [3.8, 4) is 0 Å². The summed E-state index contributed by atoms with van der Waals surface area (Å²) < 4.78 is 0. The molecule has 1 heterocycles. The van der Waals surface area contributed by atoms with Gasteiger partial charge in [0.25, 0.3) is 0 Å². The lowest BCUT2D eigenvalue weighted by molar-refractivity contribution is 0.0930. The van der Waals surface area contributed by atoms with Crippen LogP contribution in [0.25, 0.3) is 0 Å². The van der Waals surface area contributed by atoms with Crippen molar-refractivity contribution in [3.63, 3.8) is 0 Å². The number of carbonyl (C=O) groups excluding carboxylic acids is 1. The molecule has 0 aliphatic carbocycles. The molecule has 0 fully saturated rings. The van der Waals surface area contributed by atoms with Crippen LogP contribution in [0.1, 0.15) is 37.0 Å². The Bertz CT molecular complexity index is 772. The van der Waals surface area contributed by atoms with Crippen LogP contribution in [-0.2, 0) is 0 Å². The quantitative estimate of drug-likeness (QED) is 0.525. The molecule has 3 nitrogen and oxygen atoms in total. The number of rotatable bonds is 7. The van der Waals surface area contributed by atoms with Crippen molar-refractivity contribution >= 4 is 40.5 Å². The Hall–Kier alpha value is -1.49. The van der Waals surface area contributed by atoms with E-state index in [4.69, 9.17) is 11.6 Å². The van der Waals surface area contributed by atoms with Gasteiger partial charge in [-0.3, -0.25) is 9.69 Å². The third-order valence-electron chi connectivity index (χ3n) is 4.18. The fraction of sp³-hybridized carbons (Fsp3) is 0.350. The van der Waals surface area contributed by atoms with Crippen LogP contribution in [0.15, 0.2) is 46.2 Å². The van der Waals surface area contributed by atoms with E-state index in [-0.39, 0.29) is 5.78 Å². The van der Waals surface area contributed by atoms with E-state index < -0.39 is 0 Å². The number of ketones is 1. The molecule has 1 aliphatic heterocycles. The number of hydrogen-bond donors (Lipinski definition) is 1. The number of hydrogen-bond acceptors (Lipinski definition) is 4. The molecule has 1 N–H and O–H groups in total. The first-order valence-electron chi connectivity index (χ1n) is 8.74. The van der Waals surface area contributed by atoms with Gasteiger partial charge in [0, 0.05) is 20.4 Å². The maximum atomic E-state index is 12.7. The Morgan fingerprint density at radius 2 is 1.68 bits per heavy atom. The largest absolute Gasteiger partial charge is 0.354 e. The summed E-state index contributed by atoms with van der Waals surface area (Å²) in [6.45, 7) is 6.70. The Balaban J connectivity index is 1.77. The summed E-state index contributed by atoms with van der Waals surface area (Å²) in [5.41, 5.74) is 2.73. The smallest absolute Gasteiger partial charge is 0.176 e. The summed E-state index contributed by atoms with van der Waals surface area (Å²) in [4.78, 5) is 17.2. The van der Waals surface area contributed by atoms with Crippen LogP contribution >= 0.6 is 23.4 Å². The molecule has 0 saturated heterocycles. The van der Waals surface area contributed by atoms with Crippen LogP contribution in [0.3, 0.4) is 0 Å². The zero-order valence-corrected chi connectivity index (χ0v) is 16.2. The highest BCUT2D eigenvalue weighted by atomic mass is 35.5. The molecule has 25 heavy (non-hydrogen) atoms. The molecule has 0 unspecified atom stereocenters. The van der Waals surface area contributed by atoms with Crippen LogP contribution in [0.4, 0.5) is 11.4 Å². The Labute approximate surface area is 158 Å². The van der Waals surface area contributed by atoms with Crippen LogP contribution in [-0.4, -0.2) is 30.3 Å². The van der Waals surface area contributed by atoms with Gasteiger partial charge in [-0.1, -0.05) is 43.3 Å². The van der Waals surface area contributed by atoms with Crippen molar-refractivity contribution in [3.05, 3.63) is 47.0 Å². The second-order valence-electron chi connectivity index (χ2n) is 6.28. The Kier molecular flexibility index (Phi) is 6.05. The monoisotopic (exact) mass is 374 g/mol. The molecule has 1 aliphatic rings. The molecule has 0 bridgehead atoms. The molecular weight excluding hydrogens is 352 g/mol. The minimum absolute atomic E-state index is 0.174. The van der Waals surface area contributed by atoms with E-state index in [1.54, 1.807) is 11.8 Å². The van der Waals surface area contributed by atoms with Crippen LogP contribution < -0.4 is 5.32 Å². The van der Waals surface area contributed by atoms with Gasteiger partial charge in [-0.25, -0.2) is 0 Å². The van der Waals surface area contributed by atoms with Gasteiger partial charge in [0.1, 0.15) is 0 Å². The number of carbonyl (C=O) groups is 1. The van der Waals surface area contributed by atoms with Gasteiger partial charge in [0.05, 0.1) is 17.9 Å². The van der Waals surface area contributed by atoms with Gasteiger partial charge in [0.15, 0.2) is 5.78 Å². The van der Waals surface area contributed by atoms with E-state index in [9.17, 15) is 4.79 Å². The topological polar surface area (TPSA) is 32.3 Å². The zero-order valence-electron chi connectivity index (χ0n) is 14.6. The summed E-state index contributed by atoms with van der Waals surface area (Å²) in [7, 11) is 0. The average molecular weight is 375 g/mol. The van der Waals surface area contributed by atoms with Gasteiger partial charge in [-0.15, -0.1) is 0 Å². The molecule has 0 radical (unpaired) electrons. The highest BCUT2D eigenvalue weighted by molar-refractivity contribution is 7.99. The maximum Gasteiger partial charge on any atom is 0.176 e. The fourth-order valence-corrected chi connectivity index (χ4v) is 4.16. The lowest BCUT2D eigenvalue weighted by Crippen LogP contribution is -2.31. The Morgan fingerprint density at radius 1 is 1.04 bits per heavy atom. The van der Waals surface area contributed by atoms with E-state index in [0.717, 1.165) is 52.7 Å². The molecule has 0 amide bonds. The minimum Gasteiger partial charge on any atom is -0.354 e. The van der Waals surface area contributed by atoms with E-state index in [0.29, 0.717) is 11.6 Å². The van der Waals surface area contributed by atoms with Crippen molar-refractivity contribution in [1.29, 1.82) is 0 Å². The molecule has 0 spiro atoms. The molecule has 0 saturated carbocycles. The van der Waals surface area contributed by atoms with Crippen molar-refractivity contribution < 1.29 is 4.79 Å². The standard InChI is InChI=1S/C20H23ClN2OS/c1-3-9-23(10-4-2)13-18(24)14-5-7-19-16(11-14)22-17-12-15(21)6-8-20(17)25-19/h5-8,11-12,22H,3-4,9-10,13H2,1-2H3. The first-order valence-corrected chi connectivity index (χ1v) is 9.94. The third kappa shape index (κ3) is 4.38. The number of nitrogens with zero attached hydrogens (tertiary/aromatic N) is 1. The van der Waals surface area contributed by atoms with Crippen molar-refractivity contribution in [2.45, 2.75) is 36.5 Å². The fourth-order valence-electron chi connectivity index (χ4n) is 3.04. The first kappa shape index (κ1) is 18.3. The van der Waals surface area contributed by atoms with Gasteiger partial charge >= 0.3 is 0 Å². The summed E-state index contributed by atoms with van der Waals surface area (Å²) in [6.07, 6.45) is 2.13. The van der Waals surface area contributed by atoms with Gasteiger partial charge in [-0.2, -0.15) is 0 Å². The van der Waals surface area contributed by atoms with E-state index in [1.807, 2.05) is 36.4 Å². The zero-order chi connectivity index (χ0) is 17.8. The summed E-state index contributed by atoms with van der Waals surface area (Å²) >= 11 is 7.79. The van der Waals surface area contributed by atoms with E-state index in [2.05, 4.69) is 24.1 Å². The molecule has 2 aromatic rings. The predicted octanol–water partition coefficient (Wildman–Crippen LogP) is 5.85. The molecule has 0 atom stereocenters. The summed E-state index contributed by atoms with van der Waals surface area (Å²) in [5.74, 6) is 0.174. The predicted molar refractivity (Wildman–Crippen MR) is 107 cm³/mol. The number of nitrogens with one attached hydrogen (secondary N) is 1. The van der Waals surface area contributed by atoms with E-state index in [1.165, 1.54) is 0 Å². The van der Waals surface area contributed by atoms with Crippen LogP contribution in [0.5, 0.6) is 0 Å². The Morgan fingerprint density at radius 3 is 2.36 bits per heavy atom. The van der Waals surface area contributed by atoms with Crippen LogP contribution in [0, 0.1) is 0 Å². The SMILES string of the molecule is CCCN(CCC)CC(=O)c1ccc2c(c1)Nc1cc(Cl)ccc1S2. The molecule has 5 heteroatoms. The first-order chi connectivity index (χ1) is 12.1. The lowest BCUT2D eigenvalue weighted by Gasteiger charge is -2.23. The number of halogens is 1. The molecular formula is C20H23ClN2OS. The maximum absolute atomic E-state index is 12.7. The second-order valence-corrected chi connectivity index (χ2v) is 7.80. The number of fused-ring (bicyclic) bond motifs is 2. The minimum atomic E-state index is 0.174. The number of Topliss-reactive ketones (excluding diaryl/α,β-unsaturated/α-hetero) is 1. The van der Waals surface area contributed by atoms with Crippen molar-refractivity contribution in [2.75, 3.05) is 25.0 Å². The third-order valence-corrected chi connectivity index (χ3v) is 5.57. The van der Waals surface area contributed by atoms with Crippen molar-refractivity contribution in [1.82, 2.24) is 4.90 Å². The van der Waals surface area contributed by atoms with Crippen molar-refractivity contribution in [2.24, 2.45) is 0 Å².